The molecule has 4 nitrogen and oxygen atoms in total. The highest BCUT2D eigenvalue weighted by molar-refractivity contribution is 5.53. The zero-order chi connectivity index (χ0) is 15.6. The fourth-order valence-electron chi connectivity index (χ4n) is 1.51. The molecule has 0 fully saturated rings. The van der Waals surface area contributed by atoms with Crippen LogP contribution in [0.1, 0.15) is 11.1 Å². The second-order valence-corrected chi connectivity index (χ2v) is 3.97. The summed E-state index contributed by atoms with van der Waals surface area (Å²) in [4.78, 5) is 3.71. The van der Waals surface area contributed by atoms with Crippen LogP contribution in [0.2, 0.25) is 0 Å². The molecule has 2 N–H and O–H groups in total. The molecule has 2 rings (SSSR count). The van der Waals surface area contributed by atoms with Crippen molar-refractivity contribution in [3.8, 4) is 17.7 Å². The molecule has 0 radical (unpaired) electrons. The van der Waals surface area contributed by atoms with E-state index in [1.54, 1.807) is 6.07 Å². The molecular formula is C13H7F4N3O. The lowest BCUT2D eigenvalue weighted by Crippen LogP contribution is -2.08. The van der Waals surface area contributed by atoms with Crippen molar-refractivity contribution in [2.24, 2.45) is 0 Å². The van der Waals surface area contributed by atoms with Crippen LogP contribution >= 0.6 is 0 Å². The van der Waals surface area contributed by atoms with Crippen molar-refractivity contribution in [1.29, 1.82) is 5.26 Å². The van der Waals surface area contributed by atoms with Crippen molar-refractivity contribution in [2.45, 2.75) is 6.18 Å². The predicted molar refractivity (Wildman–Crippen MR) is 64.8 cm³/mol. The van der Waals surface area contributed by atoms with Gasteiger partial charge in [0.15, 0.2) is 0 Å². The Balaban J connectivity index is 2.35. The minimum atomic E-state index is -4.84. The van der Waals surface area contributed by atoms with Gasteiger partial charge in [0.1, 0.15) is 17.6 Å². The van der Waals surface area contributed by atoms with Gasteiger partial charge in [-0.1, -0.05) is 0 Å². The van der Waals surface area contributed by atoms with Gasteiger partial charge in [0, 0.05) is 6.20 Å². The molecule has 1 aromatic carbocycles. The SMILES string of the molecule is N#Cc1cnc(Oc2ccc(F)c(C(F)(F)F)c2)c(N)c1. The van der Waals surface area contributed by atoms with Crippen molar-refractivity contribution in [2.75, 3.05) is 5.73 Å². The van der Waals surface area contributed by atoms with Gasteiger partial charge in [0.05, 0.1) is 16.8 Å². The van der Waals surface area contributed by atoms with Crippen molar-refractivity contribution >= 4 is 5.69 Å². The van der Waals surface area contributed by atoms with Crippen LogP contribution in [0.15, 0.2) is 30.5 Å². The van der Waals surface area contributed by atoms with E-state index < -0.39 is 17.6 Å². The Morgan fingerprint density at radius 1 is 1.24 bits per heavy atom. The summed E-state index contributed by atoms with van der Waals surface area (Å²) in [6, 6.07) is 5.22. The highest BCUT2D eigenvalue weighted by Crippen LogP contribution is 2.35. The van der Waals surface area contributed by atoms with E-state index in [0.717, 1.165) is 12.3 Å². The Morgan fingerprint density at radius 2 is 1.95 bits per heavy atom. The van der Waals surface area contributed by atoms with Gasteiger partial charge in [0.25, 0.3) is 0 Å². The third kappa shape index (κ3) is 3.20. The minimum Gasteiger partial charge on any atom is -0.437 e. The van der Waals surface area contributed by atoms with Gasteiger partial charge in [-0.05, 0) is 24.3 Å². The number of pyridine rings is 1. The fourth-order valence-corrected chi connectivity index (χ4v) is 1.51. The Kier molecular flexibility index (Phi) is 3.67. The van der Waals surface area contributed by atoms with E-state index in [0.29, 0.717) is 12.1 Å². The second kappa shape index (κ2) is 5.28. The van der Waals surface area contributed by atoms with E-state index in [9.17, 15) is 17.6 Å². The number of hydrogen-bond donors (Lipinski definition) is 1. The van der Waals surface area contributed by atoms with E-state index in [-0.39, 0.29) is 22.9 Å². The number of nitriles is 1. The molecule has 0 aliphatic carbocycles. The normalized spacial score (nSPS) is 11.0. The molecule has 0 saturated heterocycles. The topological polar surface area (TPSA) is 71.9 Å². The molecule has 0 aliphatic heterocycles. The van der Waals surface area contributed by atoms with E-state index >= 15 is 0 Å². The van der Waals surface area contributed by atoms with Crippen LogP contribution in [0, 0.1) is 17.1 Å². The van der Waals surface area contributed by atoms with Crippen LogP contribution in [-0.2, 0) is 6.18 Å². The molecule has 0 saturated carbocycles. The largest absolute Gasteiger partial charge is 0.437 e. The van der Waals surface area contributed by atoms with Gasteiger partial charge < -0.3 is 10.5 Å². The molecule has 0 amide bonds. The Labute approximate surface area is 116 Å². The van der Waals surface area contributed by atoms with E-state index in [1.807, 2.05) is 0 Å². The number of anilines is 1. The molecule has 8 heteroatoms. The maximum absolute atomic E-state index is 13.1. The number of nitrogens with zero attached hydrogens (tertiary/aromatic N) is 2. The van der Waals surface area contributed by atoms with Gasteiger partial charge >= 0.3 is 6.18 Å². The first-order valence-corrected chi connectivity index (χ1v) is 5.51. The molecule has 21 heavy (non-hydrogen) atoms. The lowest BCUT2D eigenvalue weighted by atomic mass is 10.2. The molecule has 1 aromatic heterocycles. The Morgan fingerprint density at radius 3 is 2.52 bits per heavy atom. The number of halogens is 4. The number of nitrogen functional groups attached to an aromatic ring is 1. The smallest absolute Gasteiger partial charge is 0.419 e. The third-order valence-electron chi connectivity index (χ3n) is 2.47. The molecule has 108 valence electrons. The minimum absolute atomic E-state index is 0.0214. The summed E-state index contributed by atoms with van der Waals surface area (Å²) in [6.07, 6.45) is -3.69. The highest BCUT2D eigenvalue weighted by Gasteiger charge is 2.34. The Hall–Kier alpha value is -2.82. The van der Waals surface area contributed by atoms with Crippen molar-refractivity contribution in [3.63, 3.8) is 0 Å². The number of nitrogens with two attached hydrogens (primary N) is 1. The van der Waals surface area contributed by atoms with E-state index in [4.69, 9.17) is 15.7 Å². The number of alkyl halides is 3. The molecule has 0 bridgehead atoms. The summed E-state index contributed by atoms with van der Waals surface area (Å²) < 4.78 is 55.9. The lowest BCUT2D eigenvalue weighted by Gasteiger charge is -2.11. The van der Waals surface area contributed by atoms with Crippen LogP contribution in [-0.4, -0.2) is 4.98 Å². The molecule has 1 heterocycles. The molecule has 0 unspecified atom stereocenters. The average Bonchev–Trinajstić information content (AvgIpc) is 2.41. The maximum Gasteiger partial charge on any atom is 0.419 e. The molecule has 2 aromatic rings. The number of hydrogen-bond acceptors (Lipinski definition) is 4. The quantitative estimate of drug-likeness (QED) is 0.861. The zero-order valence-electron chi connectivity index (χ0n) is 10.3. The second-order valence-electron chi connectivity index (χ2n) is 3.97. The fraction of sp³-hybridized carbons (Fsp3) is 0.0769. The monoisotopic (exact) mass is 297 g/mol. The summed E-state index contributed by atoms with van der Waals surface area (Å²) in [5.74, 6) is -1.85. The Bertz CT molecular complexity index is 722. The zero-order valence-corrected chi connectivity index (χ0v) is 10.3. The van der Waals surface area contributed by atoms with Gasteiger partial charge in [-0.15, -0.1) is 0 Å². The highest BCUT2D eigenvalue weighted by atomic mass is 19.4. The van der Waals surface area contributed by atoms with Crippen molar-refractivity contribution in [3.05, 3.63) is 47.4 Å². The third-order valence-corrected chi connectivity index (χ3v) is 2.47. The van der Waals surface area contributed by atoms with Crippen molar-refractivity contribution in [1.82, 2.24) is 4.98 Å². The van der Waals surface area contributed by atoms with Crippen LogP contribution in [0.25, 0.3) is 0 Å². The molecule has 0 aliphatic rings. The molecule has 0 spiro atoms. The van der Waals surface area contributed by atoms with Gasteiger partial charge in [-0.25, -0.2) is 9.37 Å². The number of ether oxygens (including phenoxy) is 1. The average molecular weight is 297 g/mol. The van der Waals surface area contributed by atoms with Gasteiger partial charge in [0.2, 0.25) is 5.88 Å². The number of benzene rings is 1. The maximum atomic E-state index is 13.1. The lowest BCUT2D eigenvalue weighted by molar-refractivity contribution is -0.140. The van der Waals surface area contributed by atoms with Gasteiger partial charge in [-0.3, -0.25) is 0 Å². The summed E-state index contributed by atoms with van der Waals surface area (Å²) in [5.41, 5.74) is 4.27. The summed E-state index contributed by atoms with van der Waals surface area (Å²) >= 11 is 0. The van der Waals surface area contributed by atoms with E-state index in [1.165, 1.54) is 6.07 Å². The predicted octanol–water partition coefficient (Wildman–Crippen LogP) is 3.49. The van der Waals surface area contributed by atoms with Gasteiger partial charge in [-0.2, -0.15) is 18.4 Å². The van der Waals surface area contributed by atoms with Crippen LogP contribution in [0.3, 0.4) is 0 Å². The summed E-state index contributed by atoms with van der Waals surface area (Å²) in [5, 5.41) is 8.65. The van der Waals surface area contributed by atoms with Crippen LogP contribution in [0.5, 0.6) is 11.6 Å². The first-order valence-electron chi connectivity index (χ1n) is 5.51. The van der Waals surface area contributed by atoms with E-state index in [2.05, 4.69) is 4.98 Å². The number of aromatic nitrogens is 1. The first-order chi connectivity index (χ1) is 9.81. The van der Waals surface area contributed by atoms with Crippen LogP contribution in [0.4, 0.5) is 23.2 Å². The molecular weight excluding hydrogens is 290 g/mol. The van der Waals surface area contributed by atoms with Crippen LogP contribution < -0.4 is 10.5 Å². The van der Waals surface area contributed by atoms with Crippen molar-refractivity contribution < 1.29 is 22.3 Å². The number of rotatable bonds is 2. The molecule has 0 atom stereocenters. The summed E-state index contributed by atoms with van der Waals surface area (Å²) in [6.45, 7) is 0. The standard InChI is InChI=1S/C13H7F4N3O/c14-10-2-1-8(4-9(10)13(15,16)17)21-12-11(19)3-7(5-18)6-20-12/h1-4,6H,19H2. The first kappa shape index (κ1) is 14.6. The summed E-state index contributed by atoms with van der Waals surface area (Å²) in [7, 11) is 0.